The van der Waals surface area contributed by atoms with Crippen molar-refractivity contribution in [1.82, 2.24) is 4.90 Å². The Morgan fingerprint density at radius 2 is 2.21 bits per heavy atom. The Labute approximate surface area is 87.6 Å². The van der Waals surface area contributed by atoms with Gasteiger partial charge in [-0.15, -0.1) is 0 Å². The summed E-state index contributed by atoms with van der Waals surface area (Å²) in [5.74, 6) is 0. The number of rotatable bonds is 5. The minimum atomic E-state index is 0.276. The molecule has 2 nitrogen and oxygen atoms in total. The molecular weight excluding hydrogens is 174 g/mol. The summed E-state index contributed by atoms with van der Waals surface area (Å²) in [6, 6.07) is 0.753. The molecule has 0 amide bonds. The van der Waals surface area contributed by atoms with E-state index in [-0.39, 0.29) is 6.61 Å². The second-order valence-electron chi connectivity index (χ2n) is 4.00. The average molecular weight is 197 g/mol. The lowest BCUT2D eigenvalue weighted by molar-refractivity contribution is 0.157. The highest BCUT2D eigenvalue weighted by atomic mass is 16.2. The maximum atomic E-state index is 8.64. The van der Waals surface area contributed by atoms with Crippen LogP contribution in [0.1, 0.15) is 39.0 Å². The Kier molecular flexibility index (Phi) is 5.88. The molecular formula is C12H23NO. The van der Waals surface area contributed by atoms with Crippen LogP contribution in [-0.2, 0) is 0 Å². The van der Waals surface area contributed by atoms with Crippen LogP contribution in [0.3, 0.4) is 0 Å². The number of hydrogen-bond donors (Lipinski definition) is 1. The molecule has 0 saturated carbocycles. The van der Waals surface area contributed by atoms with Gasteiger partial charge in [0.25, 0.3) is 0 Å². The molecule has 1 N–H and O–H groups in total. The first-order valence-electron chi connectivity index (χ1n) is 5.88. The minimum absolute atomic E-state index is 0.276. The monoisotopic (exact) mass is 197 g/mol. The zero-order chi connectivity index (χ0) is 10.2. The molecule has 0 radical (unpaired) electrons. The van der Waals surface area contributed by atoms with Crippen LogP contribution in [0, 0.1) is 0 Å². The molecule has 1 aliphatic heterocycles. The first-order valence-corrected chi connectivity index (χ1v) is 5.88. The van der Waals surface area contributed by atoms with Gasteiger partial charge in [-0.1, -0.05) is 25.5 Å². The third-order valence-electron chi connectivity index (χ3n) is 3.03. The molecule has 1 fully saturated rings. The SMILES string of the molecule is CCN1CCCCC1C/C=C\CCO. The lowest BCUT2D eigenvalue weighted by atomic mass is 9.99. The number of aliphatic hydroxyl groups is 1. The summed E-state index contributed by atoms with van der Waals surface area (Å²) >= 11 is 0. The third-order valence-corrected chi connectivity index (χ3v) is 3.03. The second-order valence-corrected chi connectivity index (χ2v) is 4.00. The van der Waals surface area contributed by atoms with Gasteiger partial charge >= 0.3 is 0 Å². The largest absolute Gasteiger partial charge is 0.396 e. The van der Waals surface area contributed by atoms with Crippen molar-refractivity contribution in [3.63, 3.8) is 0 Å². The number of hydrogen-bond acceptors (Lipinski definition) is 2. The predicted molar refractivity (Wildman–Crippen MR) is 60.3 cm³/mol. The van der Waals surface area contributed by atoms with Gasteiger partial charge in [-0.2, -0.15) is 0 Å². The van der Waals surface area contributed by atoms with E-state index < -0.39 is 0 Å². The van der Waals surface area contributed by atoms with E-state index in [0.29, 0.717) is 0 Å². The Morgan fingerprint density at radius 1 is 1.36 bits per heavy atom. The molecule has 0 aromatic rings. The highest BCUT2D eigenvalue weighted by Crippen LogP contribution is 2.19. The molecule has 0 aliphatic carbocycles. The van der Waals surface area contributed by atoms with Gasteiger partial charge in [0.15, 0.2) is 0 Å². The summed E-state index contributed by atoms with van der Waals surface area (Å²) in [5, 5.41) is 8.64. The molecule has 0 spiro atoms. The Morgan fingerprint density at radius 3 is 2.93 bits per heavy atom. The van der Waals surface area contributed by atoms with E-state index in [1.54, 1.807) is 0 Å². The topological polar surface area (TPSA) is 23.5 Å². The second kappa shape index (κ2) is 7.02. The van der Waals surface area contributed by atoms with Gasteiger partial charge < -0.3 is 10.0 Å². The molecule has 1 saturated heterocycles. The van der Waals surface area contributed by atoms with Crippen LogP contribution in [0.4, 0.5) is 0 Å². The summed E-state index contributed by atoms with van der Waals surface area (Å²) in [7, 11) is 0. The highest BCUT2D eigenvalue weighted by molar-refractivity contribution is 4.88. The number of nitrogens with zero attached hydrogens (tertiary/aromatic N) is 1. The van der Waals surface area contributed by atoms with Crippen molar-refractivity contribution in [3.05, 3.63) is 12.2 Å². The fourth-order valence-electron chi connectivity index (χ4n) is 2.19. The van der Waals surface area contributed by atoms with Crippen molar-refractivity contribution in [2.24, 2.45) is 0 Å². The van der Waals surface area contributed by atoms with E-state index in [2.05, 4.69) is 24.0 Å². The van der Waals surface area contributed by atoms with Crippen LogP contribution in [0.2, 0.25) is 0 Å². The fraction of sp³-hybridized carbons (Fsp3) is 0.833. The summed E-state index contributed by atoms with van der Waals surface area (Å²) in [5.41, 5.74) is 0. The van der Waals surface area contributed by atoms with Gasteiger partial charge in [0.05, 0.1) is 0 Å². The highest BCUT2D eigenvalue weighted by Gasteiger charge is 2.18. The minimum Gasteiger partial charge on any atom is -0.396 e. The van der Waals surface area contributed by atoms with Gasteiger partial charge in [-0.25, -0.2) is 0 Å². The normalized spacial score (nSPS) is 24.6. The first kappa shape index (κ1) is 11.7. The van der Waals surface area contributed by atoms with Crippen LogP contribution in [0.5, 0.6) is 0 Å². The van der Waals surface area contributed by atoms with E-state index in [1.807, 2.05) is 0 Å². The van der Waals surface area contributed by atoms with Gasteiger partial charge in [0.1, 0.15) is 0 Å². The molecule has 1 heterocycles. The van der Waals surface area contributed by atoms with Crippen LogP contribution < -0.4 is 0 Å². The molecule has 1 unspecified atom stereocenters. The third kappa shape index (κ3) is 3.81. The van der Waals surface area contributed by atoms with Crippen LogP contribution >= 0.6 is 0 Å². The molecule has 0 aromatic carbocycles. The maximum Gasteiger partial charge on any atom is 0.0465 e. The van der Waals surface area contributed by atoms with E-state index in [1.165, 1.54) is 32.4 Å². The van der Waals surface area contributed by atoms with Crippen molar-refractivity contribution >= 4 is 0 Å². The molecule has 1 aliphatic rings. The average Bonchev–Trinajstić information content (AvgIpc) is 2.25. The van der Waals surface area contributed by atoms with Crippen LogP contribution in [-0.4, -0.2) is 35.7 Å². The molecule has 2 heteroatoms. The van der Waals surface area contributed by atoms with Crippen molar-refractivity contribution in [1.29, 1.82) is 0 Å². The van der Waals surface area contributed by atoms with Crippen molar-refractivity contribution in [2.75, 3.05) is 19.7 Å². The zero-order valence-electron chi connectivity index (χ0n) is 9.28. The zero-order valence-corrected chi connectivity index (χ0v) is 9.28. The number of aliphatic hydroxyl groups excluding tert-OH is 1. The van der Waals surface area contributed by atoms with Crippen molar-refractivity contribution < 1.29 is 5.11 Å². The number of piperidine rings is 1. The molecule has 82 valence electrons. The summed E-state index contributed by atoms with van der Waals surface area (Å²) in [6.45, 7) is 4.97. The lowest BCUT2D eigenvalue weighted by Gasteiger charge is -2.34. The molecule has 0 aromatic heterocycles. The summed E-state index contributed by atoms with van der Waals surface area (Å²) in [4.78, 5) is 2.58. The Hall–Kier alpha value is -0.340. The molecule has 1 rings (SSSR count). The Balaban J connectivity index is 2.26. The van der Waals surface area contributed by atoms with Crippen LogP contribution in [0.15, 0.2) is 12.2 Å². The predicted octanol–water partition coefficient (Wildman–Crippen LogP) is 2.19. The van der Waals surface area contributed by atoms with Crippen molar-refractivity contribution in [3.8, 4) is 0 Å². The fourth-order valence-corrected chi connectivity index (χ4v) is 2.19. The van der Waals surface area contributed by atoms with E-state index in [0.717, 1.165) is 18.9 Å². The molecule has 14 heavy (non-hydrogen) atoms. The smallest absolute Gasteiger partial charge is 0.0465 e. The lowest BCUT2D eigenvalue weighted by Crippen LogP contribution is -2.38. The quantitative estimate of drug-likeness (QED) is 0.683. The van der Waals surface area contributed by atoms with Crippen LogP contribution in [0.25, 0.3) is 0 Å². The first-order chi connectivity index (χ1) is 6.88. The summed E-state index contributed by atoms with van der Waals surface area (Å²) < 4.78 is 0. The standard InChI is InChI=1S/C12H23NO/c1-2-13-10-6-5-9-12(13)8-4-3-7-11-14/h3-4,12,14H,2,5-11H2,1H3/b4-3-. The van der Waals surface area contributed by atoms with E-state index in [4.69, 9.17) is 5.11 Å². The maximum absolute atomic E-state index is 8.64. The number of likely N-dealkylation sites (tertiary alicyclic amines) is 1. The van der Waals surface area contributed by atoms with E-state index in [9.17, 15) is 0 Å². The van der Waals surface area contributed by atoms with Crippen molar-refractivity contribution in [2.45, 2.75) is 45.1 Å². The van der Waals surface area contributed by atoms with Gasteiger partial charge in [0.2, 0.25) is 0 Å². The van der Waals surface area contributed by atoms with Gasteiger partial charge in [-0.3, -0.25) is 0 Å². The molecule has 1 atom stereocenters. The van der Waals surface area contributed by atoms with E-state index >= 15 is 0 Å². The summed E-state index contributed by atoms with van der Waals surface area (Å²) in [6.07, 6.45) is 10.4. The van der Waals surface area contributed by atoms with Gasteiger partial charge in [0, 0.05) is 12.6 Å². The molecule has 0 bridgehead atoms. The Bertz CT molecular complexity index is 168. The van der Waals surface area contributed by atoms with Gasteiger partial charge in [-0.05, 0) is 38.8 Å².